The second kappa shape index (κ2) is 10.2. The Morgan fingerprint density at radius 2 is 2.04 bits per heavy atom. The number of aliphatic imine (C=N–C) groups is 1. The number of rotatable bonds is 5. The molecule has 0 aliphatic carbocycles. The highest BCUT2D eigenvalue weighted by molar-refractivity contribution is 14.0. The van der Waals surface area contributed by atoms with Crippen LogP contribution in [-0.4, -0.2) is 24.7 Å². The molecule has 0 bridgehead atoms. The average Bonchev–Trinajstić information content (AvgIpc) is 2.85. The van der Waals surface area contributed by atoms with E-state index >= 15 is 0 Å². The third kappa shape index (κ3) is 6.04. The summed E-state index contributed by atoms with van der Waals surface area (Å²) in [6.07, 6.45) is 0.817. The molecule has 0 amide bonds. The summed E-state index contributed by atoms with van der Waals surface area (Å²) >= 11 is 12.2. The number of guanidine groups is 1. The highest BCUT2D eigenvalue weighted by Crippen LogP contribution is 2.25. The lowest BCUT2D eigenvalue weighted by Gasteiger charge is -2.19. The second-order valence-electron chi connectivity index (χ2n) is 5.58. The van der Waals surface area contributed by atoms with Crippen molar-refractivity contribution < 1.29 is 4.52 Å². The SMILES string of the molecule is CN=C(NCCc1c(C)noc1C)NC(C)c1ccc(Cl)cc1Cl.I. The van der Waals surface area contributed by atoms with Gasteiger partial charge in [0.25, 0.3) is 0 Å². The number of aryl methyl sites for hydroxylation is 2. The van der Waals surface area contributed by atoms with Gasteiger partial charge in [0.05, 0.1) is 11.7 Å². The van der Waals surface area contributed by atoms with Crippen LogP contribution >= 0.6 is 47.2 Å². The Kier molecular flexibility index (Phi) is 9.02. The Bertz CT molecular complexity index is 714. The van der Waals surface area contributed by atoms with Crippen LogP contribution in [0.1, 0.15) is 35.5 Å². The van der Waals surface area contributed by atoms with Crippen LogP contribution in [-0.2, 0) is 6.42 Å². The fourth-order valence-electron chi connectivity index (χ4n) is 2.49. The first-order valence-electron chi connectivity index (χ1n) is 7.76. The number of nitrogens with zero attached hydrogens (tertiary/aromatic N) is 2. The van der Waals surface area contributed by atoms with Crippen LogP contribution in [0.2, 0.25) is 10.0 Å². The summed E-state index contributed by atoms with van der Waals surface area (Å²) in [6.45, 7) is 6.62. The molecule has 25 heavy (non-hydrogen) atoms. The van der Waals surface area contributed by atoms with E-state index in [0.29, 0.717) is 16.0 Å². The van der Waals surface area contributed by atoms with Gasteiger partial charge in [0.15, 0.2) is 5.96 Å². The molecule has 0 radical (unpaired) electrons. The summed E-state index contributed by atoms with van der Waals surface area (Å²) in [7, 11) is 1.74. The summed E-state index contributed by atoms with van der Waals surface area (Å²) in [4.78, 5) is 4.25. The summed E-state index contributed by atoms with van der Waals surface area (Å²) in [6, 6.07) is 5.48. The van der Waals surface area contributed by atoms with Crippen molar-refractivity contribution >= 4 is 53.1 Å². The molecule has 5 nitrogen and oxygen atoms in total. The molecule has 0 aliphatic rings. The third-order valence-electron chi connectivity index (χ3n) is 3.85. The lowest BCUT2D eigenvalue weighted by Crippen LogP contribution is -2.39. The maximum Gasteiger partial charge on any atom is 0.191 e. The van der Waals surface area contributed by atoms with Gasteiger partial charge >= 0.3 is 0 Å². The molecule has 0 fully saturated rings. The molecule has 2 N–H and O–H groups in total. The minimum absolute atomic E-state index is 0. The number of aromatic nitrogens is 1. The average molecular weight is 497 g/mol. The molecule has 0 aliphatic heterocycles. The monoisotopic (exact) mass is 496 g/mol. The van der Waals surface area contributed by atoms with Crippen LogP contribution in [0.4, 0.5) is 0 Å². The Morgan fingerprint density at radius 3 is 2.60 bits per heavy atom. The van der Waals surface area contributed by atoms with Gasteiger partial charge in [0, 0.05) is 29.2 Å². The summed E-state index contributed by atoms with van der Waals surface area (Å²) in [5, 5.41) is 11.8. The van der Waals surface area contributed by atoms with Gasteiger partial charge in [0.1, 0.15) is 5.76 Å². The Hall–Kier alpha value is -0.990. The lowest BCUT2D eigenvalue weighted by atomic mass is 10.1. The smallest absolute Gasteiger partial charge is 0.191 e. The van der Waals surface area contributed by atoms with Crippen LogP contribution < -0.4 is 10.6 Å². The first kappa shape index (κ1) is 22.1. The minimum Gasteiger partial charge on any atom is -0.361 e. The molecule has 0 saturated heterocycles. The molecule has 2 rings (SSSR count). The highest BCUT2D eigenvalue weighted by Gasteiger charge is 2.13. The molecule has 1 unspecified atom stereocenters. The van der Waals surface area contributed by atoms with E-state index in [4.69, 9.17) is 27.7 Å². The summed E-state index contributed by atoms with van der Waals surface area (Å²) in [5.74, 6) is 1.57. The maximum atomic E-state index is 6.26. The van der Waals surface area contributed by atoms with Crippen LogP contribution in [0.25, 0.3) is 0 Å². The third-order valence-corrected chi connectivity index (χ3v) is 4.42. The van der Waals surface area contributed by atoms with Crippen molar-refractivity contribution in [3.63, 3.8) is 0 Å². The number of hydrogen-bond acceptors (Lipinski definition) is 3. The van der Waals surface area contributed by atoms with E-state index in [-0.39, 0.29) is 30.0 Å². The van der Waals surface area contributed by atoms with Gasteiger partial charge in [-0.1, -0.05) is 34.4 Å². The van der Waals surface area contributed by atoms with Crippen molar-refractivity contribution in [2.75, 3.05) is 13.6 Å². The molecule has 1 atom stereocenters. The predicted molar refractivity (Wildman–Crippen MR) is 114 cm³/mol. The zero-order valence-electron chi connectivity index (χ0n) is 14.7. The zero-order valence-corrected chi connectivity index (χ0v) is 18.5. The van der Waals surface area contributed by atoms with Crippen molar-refractivity contribution in [2.45, 2.75) is 33.2 Å². The number of nitrogens with one attached hydrogen (secondary N) is 2. The minimum atomic E-state index is 0. The normalized spacial score (nSPS) is 12.5. The van der Waals surface area contributed by atoms with Crippen LogP contribution in [0.3, 0.4) is 0 Å². The van der Waals surface area contributed by atoms with Crippen molar-refractivity contribution in [3.8, 4) is 0 Å². The van der Waals surface area contributed by atoms with E-state index in [2.05, 4.69) is 20.8 Å². The highest BCUT2D eigenvalue weighted by atomic mass is 127. The number of halogens is 3. The van der Waals surface area contributed by atoms with Crippen molar-refractivity contribution in [2.24, 2.45) is 4.99 Å². The van der Waals surface area contributed by atoms with Gasteiger partial charge in [-0.3, -0.25) is 4.99 Å². The fraction of sp³-hybridized carbons (Fsp3) is 0.412. The first-order chi connectivity index (χ1) is 11.4. The molecular formula is C17H23Cl2IN4O. The lowest BCUT2D eigenvalue weighted by molar-refractivity contribution is 0.392. The van der Waals surface area contributed by atoms with E-state index in [1.807, 2.05) is 32.9 Å². The van der Waals surface area contributed by atoms with Gasteiger partial charge in [-0.2, -0.15) is 0 Å². The molecule has 8 heteroatoms. The summed E-state index contributed by atoms with van der Waals surface area (Å²) < 4.78 is 5.18. The molecule has 1 aromatic heterocycles. The predicted octanol–water partition coefficient (Wildman–Crippen LogP) is 4.68. The van der Waals surface area contributed by atoms with Gasteiger partial charge in [-0.25, -0.2) is 0 Å². The van der Waals surface area contributed by atoms with Crippen LogP contribution in [0, 0.1) is 13.8 Å². The number of benzene rings is 1. The molecule has 0 saturated carbocycles. The summed E-state index contributed by atoms with van der Waals surface area (Å²) in [5.41, 5.74) is 3.03. The maximum absolute atomic E-state index is 6.26. The fourth-order valence-corrected chi connectivity index (χ4v) is 3.07. The van der Waals surface area contributed by atoms with E-state index in [1.54, 1.807) is 13.1 Å². The van der Waals surface area contributed by atoms with Crippen molar-refractivity contribution in [1.82, 2.24) is 15.8 Å². The Morgan fingerprint density at radius 1 is 1.32 bits per heavy atom. The molecule has 2 aromatic rings. The van der Waals surface area contributed by atoms with Crippen LogP contribution in [0.15, 0.2) is 27.7 Å². The second-order valence-corrected chi connectivity index (χ2v) is 6.43. The zero-order chi connectivity index (χ0) is 17.7. The van der Waals surface area contributed by atoms with E-state index in [9.17, 15) is 0 Å². The molecule has 1 aromatic carbocycles. The van der Waals surface area contributed by atoms with Gasteiger partial charge in [-0.05, 0) is 44.9 Å². The van der Waals surface area contributed by atoms with Gasteiger partial charge in [-0.15, -0.1) is 24.0 Å². The van der Waals surface area contributed by atoms with E-state index < -0.39 is 0 Å². The Balaban J connectivity index is 0.00000312. The van der Waals surface area contributed by atoms with E-state index in [1.165, 1.54) is 0 Å². The quantitative estimate of drug-likeness (QED) is 0.358. The van der Waals surface area contributed by atoms with Crippen molar-refractivity contribution in [1.29, 1.82) is 0 Å². The first-order valence-corrected chi connectivity index (χ1v) is 8.51. The van der Waals surface area contributed by atoms with Crippen LogP contribution in [0.5, 0.6) is 0 Å². The van der Waals surface area contributed by atoms with Gasteiger partial charge in [0.2, 0.25) is 0 Å². The molecular weight excluding hydrogens is 474 g/mol. The van der Waals surface area contributed by atoms with Gasteiger partial charge < -0.3 is 15.2 Å². The topological polar surface area (TPSA) is 62.5 Å². The number of hydrogen-bond donors (Lipinski definition) is 2. The molecule has 0 spiro atoms. The largest absolute Gasteiger partial charge is 0.361 e. The van der Waals surface area contributed by atoms with E-state index in [0.717, 1.165) is 35.5 Å². The van der Waals surface area contributed by atoms with Crippen molar-refractivity contribution in [3.05, 3.63) is 50.8 Å². The molecule has 1 heterocycles. The standard InChI is InChI=1S/C17H22Cl2N4O.HI/c1-10(15-6-5-13(18)9-16(15)19)22-17(20-4)21-8-7-14-11(2)23-24-12(14)3;/h5-6,9-10H,7-8H2,1-4H3,(H2,20,21,22);1H. The Labute approximate surface area is 175 Å². The molecule has 138 valence electrons.